The van der Waals surface area contributed by atoms with Gasteiger partial charge in [-0.25, -0.2) is 13.2 Å². The van der Waals surface area contributed by atoms with Crippen molar-refractivity contribution in [3.63, 3.8) is 0 Å². The quantitative estimate of drug-likeness (QED) is 0.606. The number of anilines is 1. The van der Waals surface area contributed by atoms with Crippen LogP contribution in [0.5, 0.6) is 0 Å². The molecule has 0 aliphatic carbocycles. The summed E-state index contributed by atoms with van der Waals surface area (Å²) in [7, 11) is -2.68. The lowest BCUT2D eigenvalue weighted by Gasteiger charge is -2.14. The number of rotatable bonds is 7. The van der Waals surface area contributed by atoms with E-state index in [4.69, 9.17) is 5.11 Å². The molecule has 0 aliphatic rings. The molecule has 0 saturated carbocycles. The third-order valence-electron chi connectivity index (χ3n) is 3.79. The Morgan fingerprint density at radius 1 is 1.11 bits per heavy atom. The molecule has 144 valence electrons. The summed E-state index contributed by atoms with van der Waals surface area (Å²) in [6.07, 6.45) is 0. The van der Waals surface area contributed by atoms with Crippen molar-refractivity contribution < 1.29 is 27.9 Å². The standard InChI is InChI=1S/C18H20N2O6S/c1-12-5-3-4-6-15(12)20-27(24,25)14-9-7-13(8-10-14)17(22)19-16(11-21)18(23)26-2/h3-10,16,20-21H,11H2,1-2H3,(H,19,22)/t16-/m1/s1. The van der Waals surface area contributed by atoms with Gasteiger partial charge in [0.2, 0.25) is 0 Å². The SMILES string of the molecule is COC(=O)[C@@H](CO)NC(=O)c1ccc(S(=O)(=O)Nc2ccccc2C)cc1. The van der Waals surface area contributed by atoms with Crippen LogP contribution in [0, 0.1) is 6.92 Å². The second kappa shape index (κ2) is 8.65. The Balaban J connectivity index is 2.15. The van der Waals surface area contributed by atoms with Gasteiger partial charge in [0.25, 0.3) is 15.9 Å². The number of hydrogen-bond acceptors (Lipinski definition) is 6. The summed E-state index contributed by atoms with van der Waals surface area (Å²) in [5.74, 6) is -1.43. The lowest BCUT2D eigenvalue weighted by Crippen LogP contribution is -2.44. The van der Waals surface area contributed by atoms with Gasteiger partial charge >= 0.3 is 5.97 Å². The molecular formula is C18H20N2O6S. The highest BCUT2D eigenvalue weighted by atomic mass is 32.2. The predicted molar refractivity (Wildman–Crippen MR) is 98.8 cm³/mol. The Morgan fingerprint density at radius 2 is 1.74 bits per heavy atom. The van der Waals surface area contributed by atoms with Gasteiger partial charge in [0, 0.05) is 5.56 Å². The minimum Gasteiger partial charge on any atom is -0.467 e. The molecule has 2 aromatic rings. The molecule has 0 spiro atoms. The van der Waals surface area contributed by atoms with Crippen LogP contribution in [-0.4, -0.2) is 45.2 Å². The Kier molecular flexibility index (Phi) is 6.54. The zero-order chi connectivity index (χ0) is 20.0. The van der Waals surface area contributed by atoms with Crippen molar-refractivity contribution in [3.8, 4) is 0 Å². The molecule has 0 heterocycles. The number of ether oxygens (including phenoxy) is 1. The van der Waals surface area contributed by atoms with Crippen LogP contribution in [0.15, 0.2) is 53.4 Å². The number of nitrogens with one attached hydrogen (secondary N) is 2. The number of carbonyl (C=O) groups excluding carboxylic acids is 2. The molecule has 1 amide bonds. The average Bonchev–Trinajstić information content (AvgIpc) is 2.67. The first kappa shape index (κ1) is 20.4. The molecule has 1 atom stereocenters. The number of methoxy groups -OCH3 is 1. The van der Waals surface area contributed by atoms with E-state index in [9.17, 15) is 18.0 Å². The molecule has 2 aromatic carbocycles. The normalized spacial score (nSPS) is 12.1. The number of sulfonamides is 1. The van der Waals surface area contributed by atoms with E-state index < -0.39 is 34.5 Å². The van der Waals surface area contributed by atoms with Crippen molar-refractivity contribution in [2.24, 2.45) is 0 Å². The fraction of sp³-hybridized carbons (Fsp3) is 0.222. The van der Waals surface area contributed by atoms with Crippen LogP contribution < -0.4 is 10.0 Å². The number of para-hydroxylation sites is 1. The lowest BCUT2D eigenvalue weighted by atomic mass is 10.2. The summed E-state index contributed by atoms with van der Waals surface area (Å²) >= 11 is 0. The second-order valence-electron chi connectivity index (χ2n) is 5.68. The van der Waals surface area contributed by atoms with Crippen LogP contribution >= 0.6 is 0 Å². The number of esters is 1. The first-order valence-electron chi connectivity index (χ1n) is 7.96. The van der Waals surface area contributed by atoms with E-state index in [0.29, 0.717) is 5.69 Å². The molecule has 0 unspecified atom stereocenters. The molecule has 0 saturated heterocycles. The highest BCUT2D eigenvalue weighted by Gasteiger charge is 2.22. The molecule has 9 heteroatoms. The molecule has 3 N–H and O–H groups in total. The number of aliphatic hydroxyl groups excluding tert-OH is 1. The zero-order valence-corrected chi connectivity index (χ0v) is 15.6. The van der Waals surface area contributed by atoms with Crippen LogP contribution in [0.4, 0.5) is 5.69 Å². The molecule has 0 radical (unpaired) electrons. The predicted octanol–water partition coefficient (Wildman–Crippen LogP) is 1.06. The molecule has 0 aliphatic heterocycles. The maximum atomic E-state index is 12.5. The summed E-state index contributed by atoms with van der Waals surface area (Å²) < 4.78 is 31.9. The van der Waals surface area contributed by atoms with E-state index in [1.807, 2.05) is 0 Å². The summed E-state index contributed by atoms with van der Waals surface area (Å²) in [6.45, 7) is 1.16. The van der Waals surface area contributed by atoms with Crippen molar-refractivity contribution in [2.75, 3.05) is 18.4 Å². The molecule has 2 rings (SSSR count). The number of hydrogen-bond donors (Lipinski definition) is 3. The molecular weight excluding hydrogens is 372 g/mol. The highest BCUT2D eigenvalue weighted by molar-refractivity contribution is 7.92. The third-order valence-corrected chi connectivity index (χ3v) is 5.17. The van der Waals surface area contributed by atoms with Gasteiger partial charge in [-0.1, -0.05) is 18.2 Å². The minimum absolute atomic E-state index is 0.0195. The number of amides is 1. The maximum absolute atomic E-state index is 12.5. The van der Waals surface area contributed by atoms with Gasteiger partial charge < -0.3 is 15.2 Å². The van der Waals surface area contributed by atoms with Crippen molar-refractivity contribution in [1.82, 2.24) is 5.32 Å². The topological polar surface area (TPSA) is 122 Å². The van der Waals surface area contributed by atoms with Gasteiger partial charge in [0.1, 0.15) is 0 Å². The maximum Gasteiger partial charge on any atom is 0.330 e. The molecule has 8 nitrogen and oxygen atoms in total. The van der Waals surface area contributed by atoms with E-state index in [-0.39, 0.29) is 10.5 Å². The van der Waals surface area contributed by atoms with E-state index in [1.54, 1.807) is 31.2 Å². The van der Waals surface area contributed by atoms with Gasteiger partial charge in [0.15, 0.2) is 6.04 Å². The number of carbonyl (C=O) groups is 2. The third kappa shape index (κ3) is 5.05. The zero-order valence-electron chi connectivity index (χ0n) is 14.8. The van der Waals surface area contributed by atoms with Gasteiger partial charge in [-0.05, 0) is 42.8 Å². The minimum atomic E-state index is -3.82. The largest absolute Gasteiger partial charge is 0.467 e. The van der Waals surface area contributed by atoms with Gasteiger partial charge in [0.05, 0.1) is 24.3 Å². The van der Waals surface area contributed by atoms with E-state index in [1.165, 1.54) is 24.3 Å². The van der Waals surface area contributed by atoms with Crippen molar-refractivity contribution in [3.05, 3.63) is 59.7 Å². The molecule has 0 bridgehead atoms. The molecule has 27 heavy (non-hydrogen) atoms. The summed E-state index contributed by atoms with van der Waals surface area (Å²) in [5.41, 5.74) is 1.37. The van der Waals surface area contributed by atoms with E-state index in [2.05, 4.69) is 14.8 Å². The smallest absolute Gasteiger partial charge is 0.330 e. The molecule has 0 aromatic heterocycles. The first-order valence-corrected chi connectivity index (χ1v) is 9.45. The fourth-order valence-electron chi connectivity index (χ4n) is 2.24. The average molecular weight is 392 g/mol. The fourth-order valence-corrected chi connectivity index (χ4v) is 3.37. The van der Waals surface area contributed by atoms with Crippen molar-refractivity contribution in [2.45, 2.75) is 17.9 Å². The highest BCUT2D eigenvalue weighted by Crippen LogP contribution is 2.19. The van der Waals surface area contributed by atoms with E-state index >= 15 is 0 Å². The van der Waals surface area contributed by atoms with Crippen LogP contribution in [-0.2, 0) is 19.6 Å². The molecule has 0 fully saturated rings. The summed E-state index contributed by atoms with van der Waals surface area (Å²) in [6, 6.07) is 10.9. The van der Waals surface area contributed by atoms with E-state index in [0.717, 1.165) is 12.7 Å². The van der Waals surface area contributed by atoms with Crippen LogP contribution in [0.2, 0.25) is 0 Å². The van der Waals surface area contributed by atoms with Crippen LogP contribution in [0.1, 0.15) is 15.9 Å². The van der Waals surface area contributed by atoms with Crippen LogP contribution in [0.3, 0.4) is 0 Å². The van der Waals surface area contributed by atoms with Gasteiger partial charge in [-0.2, -0.15) is 0 Å². The Hall–Kier alpha value is -2.91. The Morgan fingerprint density at radius 3 is 2.30 bits per heavy atom. The number of benzene rings is 2. The summed E-state index contributed by atoms with van der Waals surface area (Å²) in [4.78, 5) is 23.5. The van der Waals surface area contributed by atoms with Gasteiger partial charge in [-0.15, -0.1) is 0 Å². The van der Waals surface area contributed by atoms with Gasteiger partial charge in [-0.3, -0.25) is 9.52 Å². The second-order valence-corrected chi connectivity index (χ2v) is 7.36. The lowest BCUT2D eigenvalue weighted by molar-refractivity contribution is -0.143. The van der Waals surface area contributed by atoms with Crippen molar-refractivity contribution >= 4 is 27.6 Å². The number of aryl methyl sites for hydroxylation is 1. The Labute approximate surface area is 157 Å². The first-order chi connectivity index (χ1) is 12.8. The van der Waals surface area contributed by atoms with Crippen molar-refractivity contribution in [1.29, 1.82) is 0 Å². The number of aliphatic hydroxyl groups is 1. The summed E-state index contributed by atoms with van der Waals surface area (Å²) in [5, 5.41) is 11.4. The monoisotopic (exact) mass is 392 g/mol. The Bertz CT molecular complexity index is 925. The van der Waals surface area contributed by atoms with Crippen LogP contribution in [0.25, 0.3) is 0 Å².